The van der Waals surface area contributed by atoms with E-state index in [1.165, 1.54) is 12.1 Å². The van der Waals surface area contributed by atoms with Gasteiger partial charge >= 0.3 is 0 Å². The Balaban J connectivity index is 1.75. The second kappa shape index (κ2) is 10.8. The molecule has 0 saturated carbocycles. The molecule has 0 aliphatic carbocycles. The first kappa shape index (κ1) is 21.8. The van der Waals surface area contributed by atoms with Crippen LogP contribution in [-0.2, 0) is 19.5 Å². The van der Waals surface area contributed by atoms with Crippen molar-refractivity contribution in [3.8, 4) is 11.5 Å². The molecule has 0 aromatic heterocycles. The van der Waals surface area contributed by atoms with E-state index in [0.29, 0.717) is 37.6 Å². The van der Waals surface area contributed by atoms with Gasteiger partial charge in [-0.3, -0.25) is 4.90 Å². The van der Waals surface area contributed by atoms with Crippen LogP contribution >= 0.6 is 0 Å². The number of hydrogen-bond donors (Lipinski definition) is 1. The third-order valence-corrected chi connectivity index (χ3v) is 4.96. The molecule has 4 nitrogen and oxygen atoms in total. The molecule has 3 aromatic carbocycles. The van der Waals surface area contributed by atoms with Crippen LogP contribution in [0.5, 0.6) is 11.5 Å². The summed E-state index contributed by atoms with van der Waals surface area (Å²) in [4.78, 5) is 2.15. The lowest BCUT2D eigenvalue weighted by Gasteiger charge is -2.26. The van der Waals surface area contributed by atoms with Gasteiger partial charge in [0.1, 0.15) is 5.82 Å². The number of rotatable bonds is 10. The van der Waals surface area contributed by atoms with Crippen molar-refractivity contribution < 1.29 is 19.0 Å². The Morgan fingerprint density at radius 3 is 2.10 bits per heavy atom. The minimum absolute atomic E-state index is 0.255. The van der Waals surface area contributed by atoms with Gasteiger partial charge in [-0.1, -0.05) is 48.5 Å². The first-order valence-electron chi connectivity index (χ1n) is 9.97. The fourth-order valence-electron chi connectivity index (χ4n) is 3.52. The van der Waals surface area contributed by atoms with E-state index in [4.69, 9.17) is 9.47 Å². The number of ether oxygens (including phenoxy) is 2. The quantitative estimate of drug-likeness (QED) is 0.537. The monoisotopic (exact) mass is 409 g/mol. The predicted molar refractivity (Wildman–Crippen MR) is 116 cm³/mol. The van der Waals surface area contributed by atoms with Crippen LogP contribution in [0, 0.1) is 5.82 Å². The smallest absolute Gasteiger partial charge is 0.161 e. The highest BCUT2D eigenvalue weighted by molar-refractivity contribution is 5.42. The molecule has 3 aromatic rings. The number of nitrogens with zero attached hydrogens (tertiary/aromatic N) is 1. The number of hydrogen-bond acceptors (Lipinski definition) is 4. The van der Waals surface area contributed by atoms with Crippen molar-refractivity contribution in [1.29, 1.82) is 0 Å². The molecular formula is C25H28FNO3. The lowest BCUT2D eigenvalue weighted by molar-refractivity contribution is 0.104. The predicted octanol–water partition coefficient (Wildman–Crippen LogP) is 4.45. The Labute approximate surface area is 177 Å². The first-order valence-corrected chi connectivity index (χ1v) is 9.97. The van der Waals surface area contributed by atoms with Crippen molar-refractivity contribution in [3.63, 3.8) is 0 Å². The maximum Gasteiger partial charge on any atom is 0.161 e. The van der Waals surface area contributed by atoms with Gasteiger partial charge in [0.25, 0.3) is 0 Å². The largest absolute Gasteiger partial charge is 0.493 e. The lowest BCUT2D eigenvalue weighted by atomic mass is 10.1. The standard InChI is InChI=1S/C25H28FNO3/c1-29-24-13-10-21(15-25(24)30-2)17-27(16-20-8-11-22(26)12-9-20)18-23(28)14-19-6-4-3-5-7-19/h3-13,15,23,28H,14,16-18H2,1-2H3/t23-/m0/s1. The maximum atomic E-state index is 13.3. The molecule has 0 fully saturated rings. The number of halogens is 1. The number of methoxy groups -OCH3 is 2. The van der Waals surface area contributed by atoms with Crippen LogP contribution in [0.1, 0.15) is 16.7 Å². The number of aliphatic hydroxyl groups is 1. The molecule has 30 heavy (non-hydrogen) atoms. The third kappa shape index (κ3) is 6.31. The Hall–Kier alpha value is -2.89. The summed E-state index contributed by atoms with van der Waals surface area (Å²) < 4.78 is 24.0. The topological polar surface area (TPSA) is 41.9 Å². The minimum Gasteiger partial charge on any atom is -0.493 e. The van der Waals surface area contributed by atoms with Crippen LogP contribution in [-0.4, -0.2) is 36.9 Å². The minimum atomic E-state index is -0.520. The average molecular weight is 410 g/mol. The van der Waals surface area contributed by atoms with Gasteiger partial charge in [0.15, 0.2) is 11.5 Å². The van der Waals surface area contributed by atoms with E-state index in [1.54, 1.807) is 26.4 Å². The first-order chi connectivity index (χ1) is 14.6. The fraction of sp³-hybridized carbons (Fsp3) is 0.280. The van der Waals surface area contributed by atoms with Crippen molar-refractivity contribution in [2.75, 3.05) is 20.8 Å². The summed E-state index contributed by atoms with van der Waals surface area (Å²) >= 11 is 0. The summed E-state index contributed by atoms with van der Waals surface area (Å²) in [5.41, 5.74) is 3.13. The summed E-state index contributed by atoms with van der Waals surface area (Å²) in [6, 6.07) is 22.2. The molecule has 0 aliphatic heterocycles. The van der Waals surface area contributed by atoms with Crippen molar-refractivity contribution in [1.82, 2.24) is 4.90 Å². The Morgan fingerprint density at radius 1 is 0.800 bits per heavy atom. The average Bonchev–Trinajstić information content (AvgIpc) is 2.75. The van der Waals surface area contributed by atoms with Gasteiger partial charge in [-0.2, -0.15) is 0 Å². The molecule has 1 N–H and O–H groups in total. The molecule has 0 amide bonds. The molecule has 0 heterocycles. The Kier molecular flexibility index (Phi) is 7.82. The zero-order chi connectivity index (χ0) is 21.3. The maximum absolute atomic E-state index is 13.3. The van der Waals surface area contributed by atoms with E-state index in [0.717, 1.165) is 16.7 Å². The van der Waals surface area contributed by atoms with E-state index >= 15 is 0 Å². The number of benzene rings is 3. The molecule has 0 unspecified atom stereocenters. The number of aliphatic hydroxyl groups excluding tert-OH is 1. The molecule has 0 bridgehead atoms. The van der Waals surface area contributed by atoms with E-state index in [9.17, 15) is 9.50 Å². The van der Waals surface area contributed by atoms with Crippen LogP contribution in [0.3, 0.4) is 0 Å². The van der Waals surface area contributed by atoms with Gasteiger partial charge < -0.3 is 14.6 Å². The normalized spacial score (nSPS) is 12.0. The van der Waals surface area contributed by atoms with Gasteiger partial charge in [-0.05, 0) is 47.4 Å². The van der Waals surface area contributed by atoms with E-state index < -0.39 is 6.10 Å². The zero-order valence-electron chi connectivity index (χ0n) is 17.4. The van der Waals surface area contributed by atoms with E-state index in [2.05, 4.69) is 4.90 Å². The fourth-order valence-corrected chi connectivity index (χ4v) is 3.52. The van der Waals surface area contributed by atoms with Crippen LogP contribution < -0.4 is 9.47 Å². The second-order valence-electron chi connectivity index (χ2n) is 7.33. The highest BCUT2D eigenvalue weighted by Crippen LogP contribution is 2.28. The molecule has 5 heteroatoms. The Morgan fingerprint density at radius 2 is 1.43 bits per heavy atom. The summed E-state index contributed by atoms with van der Waals surface area (Å²) in [5, 5.41) is 10.7. The summed E-state index contributed by atoms with van der Waals surface area (Å²) in [5.74, 6) is 1.09. The van der Waals surface area contributed by atoms with Crippen molar-refractivity contribution in [2.24, 2.45) is 0 Å². The molecule has 158 valence electrons. The molecule has 0 aliphatic rings. The molecule has 0 spiro atoms. The van der Waals surface area contributed by atoms with Crippen LogP contribution in [0.2, 0.25) is 0 Å². The van der Waals surface area contributed by atoms with Gasteiger partial charge in [-0.25, -0.2) is 4.39 Å². The van der Waals surface area contributed by atoms with Crippen molar-refractivity contribution >= 4 is 0 Å². The van der Waals surface area contributed by atoms with Gasteiger partial charge in [-0.15, -0.1) is 0 Å². The lowest BCUT2D eigenvalue weighted by Crippen LogP contribution is -2.33. The van der Waals surface area contributed by atoms with Gasteiger partial charge in [0, 0.05) is 19.6 Å². The van der Waals surface area contributed by atoms with Crippen LogP contribution in [0.4, 0.5) is 4.39 Å². The molecule has 0 saturated heterocycles. The highest BCUT2D eigenvalue weighted by atomic mass is 19.1. The summed E-state index contributed by atoms with van der Waals surface area (Å²) in [7, 11) is 3.22. The molecule has 1 atom stereocenters. The van der Waals surface area contributed by atoms with Crippen molar-refractivity contribution in [3.05, 3.63) is 95.3 Å². The third-order valence-electron chi connectivity index (χ3n) is 4.96. The molecule has 3 rings (SSSR count). The van der Waals surface area contributed by atoms with E-state index in [1.807, 2.05) is 48.5 Å². The molecular weight excluding hydrogens is 381 g/mol. The summed E-state index contributed by atoms with van der Waals surface area (Å²) in [6.45, 7) is 1.70. The SMILES string of the molecule is COc1ccc(CN(Cc2ccc(F)cc2)C[C@@H](O)Cc2ccccc2)cc1OC. The van der Waals surface area contributed by atoms with E-state index in [-0.39, 0.29) is 5.82 Å². The van der Waals surface area contributed by atoms with Crippen LogP contribution in [0.25, 0.3) is 0 Å². The molecule has 0 radical (unpaired) electrons. The van der Waals surface area contributed by atoms with Gasteiger partial charge in [0.2, 0.25) is 0 Å². The zero-order valence-corrected chi connectivity index (χ0v) is 17.4. The second-order valence-corrected chi connectivity index (χ2v) is 7.33. The Bertz CT molecular complexity index is 915. The summed E-state index contributed by atoms with van der Waals surface area (Å²) in [6.07, 6.45) is 0.0557. The van der Waals surface area contributed by atoms with Gasteiger partial charge in [0.05, 0.1) is 20.3 Å². The van der Waals surface area contributed by atoms with Crippen LogP contribution in [0.15, 0.2) is 72.8 Å². The highest BCUT2D eigenvalue weighted by Gasteiger charge is 2.15. The van der Waals surface area contributed by atoms with Crippen molar-refractivity contribution in [2.45, 2.75) is 25.6 Å².